The van der Waals surface area contributed by atoms with E-state index in [1.807, 2.05) is 36.0 Å². The van der Waals surface area contributed by atoms with Gasteiger partial charge in [0, 0.05) is 59.6 Å². The van der Waals surface area contributed by atoms with Gasteiger partial charge in [0.1, 0.15) is 21.2 Å². The van der Waals surface area contributed by atoms with Gasteiger partial charge in [0.2, 0.25) is 10.0 Å². The summed E-state index contributed by atoms with van der Waals surface area (Å²) in [6.07, 6.45) is 16.3. The SMILES string of the molecule is Cn1cc(C2C=CC=CC2(C)S(=O)(=O)n2ccc3c(-c4cnc(C5(O)CCC5)s4)ccnc32)c2cc(F)ccc21. The molecule has 4 heterocycles. The summed E-state index contributed by atoms with van der Waals surface area (Å²) in [6.45, 7) is 1.70. The Labute approximate surface area is 235 Å². The van der Waals surface area contributed by atoms with E-state index in [9.17, 15) is 17.9 Å². The molecule has 1 saturated carbocycles. The Bertz CT molecular complexity index is 1980. The fourth-order valence-corrected chi connectivity index (χ4v) is 8.89. The third-order valence-corrected chi connectivity index (χ3v) is 12.0. The number of nitrogens with zero attached hydrogens (tertiary/aromatic N) is 4. The first-order chi connectivity index (χ1) is 19.1. The van der Waals surface area contributed by atoms with Crippen LogP contribution < -0.4 is 0 Å². The molecule has 10 heteroatoms. The largest absolute Gasteiger partial charge is 0.383 e. The molecule has 5 aromatic rings. The first kappa shape index (κ1) is 25.4. The van der Waals surface area contributed by atoms with E-state index in [-0.39, 0.29) is 5.82 Å². The zero-order valence-corrected chi connectivity index (χ0v) is 23.6. The van der Waals surface area contributed by atoms with Crippen LogP contribution in [0.5, 0.6) is 0 Å². The van der Waals surface area contributed by atoms with Crippen molar-refractivity contribution in [1.82, 2.24) is 18.5 Å². The van der Waals surface area contributed by atoms with Gasteiger partial charge >= 0.3 is 0 Å². The third kappa shape index (κ3) is 3.52. The zero-order valence-electron chi connectivity index (χ0n) is 22.0. The van der Waals surface area contributed by atoms with Crippen molar-refractivity contribution in [2.24, 2.45) is 7.05 Å². The van der Waals surface area contributed by atoms with Gasteiger partial charge in [-0.2, -0.15) is 0 Å². The van der Waals surface area contributed by atoms with Gasteiger partial charge in [0.25, 0.3) is 0 Å². The van der Waals surface area contributed by atoms with Gasteiger partial charge in [-0.1, -0.05) is 24.3 Å². The lowest BCUT2D eigenvalue weighted by Gasteiger charge is -2.35. The number of aryl methyl sites for hydroxylation is 1. The number of rotatable bonds is 5. The first-order valence-corrected chi connectivity index (χ1v) is 15.4. The van der Waals surface area contributed by atoms with Crippen LogP contribution in [-0.4, -0.2) is 36.8 Å². The van der Waals surface area contributed by atoms with Crippen LogP contribution in [0, 0.1) is 5.82 Å². The maximum atomic E-state index is 14.5. The molecule has 2 unspecified atom stereocenters. The van der Waals surface area contributed by atoms with Crippen molar-refractivity contribution in [2.75, 3.05) is 0 Å². The summed E-state index contributed by atoms with van der Waals surface area (Å²) >= 11 is 1.43. The van der Waals surface area contributed by atoms with Crippen LogP contribution in [0.15, 0.2) is 79.4 Å². The lowest BCUT2D eigenvalue weighted by atomic mass is 9.81. The highest BCUT2D eigenvalue weighted by Gasteiger charge is 2.47. The van der Waals surface area contributed by atoms with Crippen molar-refractivity contribution in [2.45, 2.75) is 42.5 Å². The summed E-state index contributed by atoms with van der Waals surface area (Å²) in [6, 6.07) is 8.20. The summed E-state index contributed by atoms with van der Waals surface area (Å²) in [5.41, 5.74) is 1.84. The van der Waals surface area contributed by atoms with Crippen molar-refractivity contribution < 1.29 is 17.9 Å². The van der Waals surface area contributed by atoms with Gasteiger partial charge in [-0.3, -0.25) is 0 Å². The number of thiazole rings is 1. The summed E-state index contributed by atoms with van der Waals surface area (Å²) in [7, 11) is -2.19. The smallest absolute Gasteiger partial charge is 0.250 e. The van der Waals surface area contributed by atoms with E-state index in [1.165, 1.54) is 27.4 Å². The van der Waals surface area contributed by atoms with Crippen LogP contribution >= 0.6 is 11.3 Å². The molecule has 0 radical (unpaired) electrons. The second kappa shape index (κ2) is 8.70. The Kier molecular flexibility index (Phi) is 5.52. The second-order valence-corrected chi connectivity index (χ2v) is 14.1. The third-order valence-electron chi connectivity index (χ3n) is 8.50. The van der Waals surface area contributed by atoms with Crippen LogP contribution in [0.25, 0.3) is 32.4 Å². The molecule has 0 aliphatic heterocycles. The standard InChI is InChI=1S/C30H27FN4O3S2/c1-29(11-4-3-6-24(29)23-18-34(2)25-8-7-19(31)16-22(23)25)40(37,38)35-15-10-21-20(9-14-32-27(21)35)26-17-33-28(39-26)30(36)12-5-13-30/h3-4,6-11,14-18,24,36H,5,12-13H2,1-2H3. The Hall–Kier alpha value is -3.60. The Balaban J connectivity index is 1.34. The van der Waals surface area contributed by atoms with Gasteiger partial charge in [0.05, 0.1) is 4.88 Å². The van der Waals surface area contributed by atoms with E-state index < -0.39 is 26.3 Å². The van der Waals surface area contributed by atoms with E-state index in [2.05, 4.69) is 9.97 Å². The molecule has 7 nitrogen and oxygen atoms in total. The highest BCUT2D eigenvalue weighted by Crippen LogP contribution is 2.46. The highest BCUT2D eigenvalue weighted by atomic mass is 32.2. The van der Waals surface area contributed by atoms with Crippen molar-refractivity contribution in [3.05, 3.63) is 95.8 Å². The lowest BCUT2D eigenvalue weighted by Crippen LogP contribution is -2.43. The predicted octanol–water partition coefficient (Wildman–Crippen LogP) is 6.01. The Morgan fingerprint density at radius 3 is 2.73 bits per heavy atom. The van der Waals surface area contributed by atoms with Crippen molar-refractivity contribution in [3.63, 3.8) is 0 Å². The zero-order chi connectivity index (χ0) is 27.9. The molecule has 1 N–H and O–H groups in total. The lowest BCUT2D eigenvalue weighted by molar-refractivity contribution is -0.0389. The number of halogens is 1. The summed E-state index contributed by atoms with van der Waals surface area (Å²) in [4.78, 5) is 9.82. The predicted molar refractivity (Wildman–Crippen MR) is 155 cm³/mol. The number of benzene rings is 1. The molecule has 1 fully saturated rings. The second-order valence-electron chi connectivity index (χ2n) is 10.9. The van der Waals surface area contributed by atoms with E-state index >= 15 is 0 Å². The molecule has 4 aromatic heterocycles. The van der Waals surface area contributed by atoms with Crippen LogP contribution in [0.3, 0.4) is 0 Å². The average molecular weight is 575 g/mol. The fraction of sp³-hybridized carbons (Fsp3) is 0.267. The number of aromatic nitrogens is 4. The fourth-order valence-electron chi connectivity index (χ4n) is 5.99. The summed E-state index contributed by atoms with van der Waals surface area (Å²) in [5, 5.41) is 12.8. The van der Waals surface area contributed by atoms with Crippen LogP contribution in [0.4, 0.5) is 4.39 Å². The molecule has 2 atom stereocenters. The molecular weight excluding hydrogens is 547 g/mol. The summed E-state index contributed by atoms with van der Waals surface area (Å²) in [5.74, 6) is -0.940. The first-order valence-electron chi connectivity index (χ1n) is 13.1. The minimum atomic E-state index is -4.06. The molecule has 2 aliphatic rings. The molecule has 0 bridgehead atoms. The normalized spacial score (nSPS) is 22.2. The van der Waals surface area contributed by atoms with Gasteiger partial charge < -0.3 is 9.67 Å². The maximum Gasteiger partial charge on any atom is 0.250 e. The molecule has 0 spiro atoms. The topological polar surface area (TPSA) is 90.0 Å². The molecule has 0 saturated heterocycles. The molecular formula is C30H27FN4O3S2. The Morgan fingerprint density at radius 2 is 1.95 bits per heavy atom. The molecule has 2 aliphatic carbocycles. The van der Waals surface area contributed by atoms with Gasteiger partial charge in [-0.25, -0.2) is 26.7 Å². The monoisotopic (exact) mass is 574 g/mol. The van der Waals surface area contributed by atoms with Gasteiger partial charge in [-0.05, 0) is 62.1 Å². The van der Waals surface area contributed by atoms with Crippen molar-refractivity contribution in [1.29, 1.82) is 0 Å². The van der Waals surface area contributed by atoms with Gasteiger partial charge in [0.15, 0.2) is 5.65 Å². The quantitative estimate of drug-likeness (QED) is 0.278. The number of allylic oxidation sites excluding steroid dienone is 3. The van der Waals surface area contributed by atoms with Crippen LogP contribution in [0.1, 0.15) is 42.7 Å². The summed E-state index contributed by atoms with van der Waals surface area (Å²) < 4.78 is 45.1. The number of aliphatic hydroxyl groups is 1. The Morgan fingerprint density at radius 1 is 1.12 bits per heavy atom. The minimum absolute atomic E-state index is 0.321. The number of fused-ring (bicyclic) bond motifs is 2. The van der Waals surface area contributed by atoms with Crippen molar-refractivity contribution >= 4 is 43.3 Å². The van der Waals surface area contributed by atoms with E-state index in [0.29, 0.717) is 34.3 Å². The molecule has 0 amide bonds. The highest BCUT2D eigenvalue weighted by molar-refractivity contribution is 7.91. The minimum Gasteiger partial charge on any atom is -0.383 e. The number of hydrogen-bond donors (Lipinski definition) is 1. The molecule has 204 valence electrons. The van der Waals surface area contributed by atoms with E-state index in [4.69, 9.17) is 0 Å². The number of pyridine rings is 1. The van der Waals surface area contributed by atoms with E-state index in [0.717, 1.165) is 27.9 Å². The van der Waals surface area contributed by atoms with E-state index in [1.54, 1.807) is 49.8 Å². The molecule has 7 rings (SSSR count). The average Bonchev–Trinajstić information content (AvgIpc) is 3.65. The number of hydrogen-bond acceptors (Lipinski definition) is 6. The molecule has 40 heavy (non-hydrogen) atoms. The van der Waals surface area contributed by atoms with Crippen molar-refractivity contribution in [3.8, 4) is 10.4 Å². The van der Waals surface area contributed by atoms with Crippen LogP contribution in [0.2, 0.25) is 0 Å². The molecule has 1 aromatic carbocycles. The maximum absolute atomic E-state index is 14.5. The van der Waals surface area contributed by atoms with Gasteiger partial charge in [-0.15, -0.1) is 11.3 Å². The van der Waals surface area contributed by atoms with Crippen LogP contribution in [-0.2, 0) is 22.7 Å².